The molecule has 0 aromatic heterocycles. The molecule has 0 aliphatic heterocycles. The molecule has 0 fully saturated rings. The Morgan fingerprint density at radius 1 is 1.29 bits per heavy atom. The van der Waals surface area contributed by atoms with Gasteiger partial charge in [-0.3, -0.25) is 0 Å². The third kappa shape index (κ3) is 4.63. The first-order chi connectivity index (χ1) is 8.17. The molecule has 4 heteroatoms. The van der Waals surface area contributed by atoms with Crippen LogP contribution in [0.2, 0.25) is 0 Å². The van der Waals surface area contributed by atoms with Crippen molar-refractivity contribution >= 4 is 0 Å². The highest BCUT2D eigenvalue weighted by Gasteiger charge is 2.04. The van der Waals surface area contributed by atoms with Crippen molar-refractivity contribution in [1.29, 1.82) is 0 Å². The van der Waals surface area contributed by atoms with E-state index in [0.717, 1.165) is 30.0 Å². The number of benzene rings is 1. The molecule has 0 spiro atoms. The van der Waals surface area contributed by atoms with Gasteiger partial charge in [-0.15, -0.1) is 0 Å². The van der Waals surface area contributed by atoms with Gasteiger partial charge in [0.1, 0.15) is 11.5 Å². The molecule has 17 heavy (non-hydrogen) atoms. The standard InChI is InChI=1S/C13H22N2O2/c1-15(2)7-4-8-17-13-9-12(16-3)6-5-11(13)10-14/h5-6,9H,4,7-8,10,14H2,1-3H3. The van der Waals surface area contributed by atoms with Gasteiger partial charge in [-0.05, 0) is 26.6 Å². The largest absolute Gasteiger partial charge is 0.497 e. The van der Waals surface area contributed by atoms with Gasteiger partial charge in [-0.2, -0.15) is 0 Å². The van der Waals surface area contributed by atoms with Crippen molar-refractivity contribution in [2.24, 2.45) is 5.73 Å². The summed E-state index contributed by atoms with van der Waals surface area (Å²) in [6.45, 7) is 2.19. The van der Waals surface area contributed by atoms with Gasteiger partial charge in [-0.1, -0.05) is 6.07 Å². The van der Waals surface area contributed by atoms with E-state index in [4.69, 9.17) is 15.2 Å². The van der Waals surface area contributed by atoms with E-state index in [2.05, 4.69) is 19.0 Å². The Kier molecular flexibility index (Phi) is 5.80. The lowest BCUT2D eigenvalue weighted by atomic mass is 10.2. The lowest BCUT2D eigenvalue weighted by Gasteiger charge is -2.13. The topological polar surface area (TPSA) is 47.7 Å². The molecule has 2 N–H and O–H groups in total. The van der Waals surface area contributed by atoms with Gasteiger partial charge in [0.05, 0.1) is 13.7 Å². The molecule has 0 unspecified atom stereocenters. The van der Waals surface area contributed by atoms with Crippen LogP contribution in [0.4, 0.5) is 0 Å². The maximum atomic E-state index is 5.73. The van der Waals surface area contributed by atoms with Crippen LogP contribution in [0.1, 0.15) is 12.0 Å². The summed E-state index contributed by atoms with van der Waals surface area (Å²) in [7, 11) is 5.75. The molecule has 0 saturated carbocycles. The fourth-order valence-corrected chi connectivity index (χ4v) is 1.53. The van der Waals surface area contributed by atoms with E-state index < -0.39 is 0 Å². The zero-order valence-corrected chi connectivity index (χ0v) is 10.9. The highest BCUT2D eigenvalue weighted by atomic mass is 16.5. The lowest BCUT2D eigenvalue weighted by molar-refractivity contribution is 0.278. The Balaban J connectivity index is 2.55. The number of hydrogen-bond donors (Lipinski definition) is 1. The second kappa shape index (κ2) is 7.14. The van der Waals surface area contributed by atoms with E-state index in [0.29, 0.717) is 13.2 Å². The third-order valence-electron chi connectivity index (χ3n) is 2.50. The second-order valence-electron chi connectivity index (χ2n) is 4.18. The summed E-state index contributed by atoms with van der Waals surface area (Å²) >= 11 is 0. The average Bonchev–Trinajstić information content (AvgIpc) is 2.34. The van der Waals surface area contributed by atoms with Crippen LogP contribution in [0.5, 0.6) is 11.5 Å². The highest BCUT2D eigenvalue weighted by Crippen LogP contribution is 2.24. The predicted octanol–water partition coefficient (Wildman–Crippen LogP) is 1.48. The first-order valence-electron chi connectivity index (χ1n) is 5.82. The molecule has 0 aliphatic rings. The molecule has 0 saturated heterocycles. The van der Waals surface area contributed by atoms with Crippen LogP contribution in [0.3, 0.4) is 0 Å². The smallest absolute Gasteiger partial charge is 0.127 e. The normalized spacial score (nSPS) is 10.6. The van der Waals surface area contributed by atoms with E-state index >= 15 is 0 Å². The fourth-order valence-electron chi connectivity index (χ4n) is 1.53. The van der Waals surface area contributed by atoms with Crippen LogP contribution in [0.25, 0.3) is 0 Å². The van der Waals surface area contributed by atoms with Crippen molar-refractivity contribution in [3.05, 3.63) is 23.8 Å². The summed E-state index contributed by atoms with van der Waals surface area (Å²) in [5, 5.41) is 0. The predicted molar refractivity (Wildman–Crippen MR) is 69.6 cm³/mol. The number of hydrogen-bond acceptors (Lipinski definition) is 4. The first kappa shape index (κ1) is 13.8. The summed E-state index contributed by atoms with van der Waals surface area (Å²) in [6, 6.07) is 5.73. The minimum Gasteiger partial charge on any atom is -0.497 e. The van der Waals surface area contributed by atoms with Gasteiger partial charge >= 0.3 is 0 Å². The van der Waals surface area contributed by atoms with Crippen molar-refractivity contribution in [3.63, 3.8) is 0 Å². The molecule has 0 heterocycles. The van der Waals surface area contributed by atoms with Crippen LogP contribution < -0.4 is 15.2 Å². The van der Waals surface area contributed by atoms with Crippen molar-refractivity contribution in [2.45, 2.75) is 13.0 Å². The molecule has 0 radical (unpaired) electrons. The third-order valence-corrected chi connectivity index (χ3v) is 2.50. The Labute approximate surface area is 103 Å². The SMILES string of the molecule is COc1ccc(CN)c(OCCCN(C)C)c1. The molecule has 0 amide bonds. The summed E-state index contributed by atoms with van der Waals surface area (Å²) in [6.07, 6.45) is 0.994. The van der Waals surface area contributed by atoms with E-state index in [1.165, 1.54) is 0 Å². The number of ether oxygens (including phenoxy) is 2. The van der Waals surface area contributed by atoms with Gasteiger partial charge in [0.25, 0.3) is 0 Å². The monoisotopic (exact) mass is 238 g/mol. The minimum atomic E-state index is 0.479. The molecule has 0 atom stereocenters. The number of nitrogens with zero attached hydrogens (tertiary/aromatic N) is 1. The molecular weight excluding hydrogens is 216 g/mol. The zero-order valence-electron chi connectivity index (χ0n) is 10.9. The van der Waals surface area contributed by atoms with Gasteiger partial charge in [-0.25, -0.2) is 0 Å². The van der Waals surface area contributed by atoms with E-state index in [1.54, 1.807) is 7.11 Å². The molecule has 0 aliphatic carbocycles. The quantitative estimate of drug-likeness (QED) is 0.731. The van der Waals surface area contributed by atoms with E-state index in [1.807, 2.05) is 18.2 Å². The van der Waals surface area contributed by atoms with Crippen LogP contribution in [0.15, 0.2) is 18.2 Å². The van der Waals surface area contributed by atoms with E-state index in [-0.39, 0.29) is 0 Å². The van der Waals surface area contributed by atoms with E-state index in [9.17, 15) is 0 Å². The van der Waals surface area contributed by atoms with Crippen molar-refractivity contribution in [3.8, 4) is 11.5 Å². The molecule has 4 nitrogen and oxygen atoms in total. The van der Waals surface area contributed by atoms with Crippen LogP contribution in [-0.2, 0) is 6.54 Å². The first-order valence-corrected chi connectivity index (χ1v) is 5.82. The number of nitrogens with two attached hydrogens (primary N) is 1. The van der Waals surface area contributed by atoms with Crippen molar-refractivity contribution in [2.75, 3.05) is 34.4 Å². The second-order valence-corrected chi connectivity index (χ2v) is 4.18. The lowest BCUT2D eigenvalue weighted by Crippen LogP contribution is -2.16. The van der Waals surface area contributed by atoms with Gasteiger partial charge < -0.3 is 20.1 Å². The Morgan fingerprint density at radius 2 is 2.06 bits per heavy atom. The molecule has 1 aromatic carbocycles. The highest BCUT2D eigenvalue weighted by molar-refractivity contribution is 5.40. The van der Waals surface area contributed by atoms with Crippen molar-refractivity contribution in [1.82, 2.24) is 4.90 Å². The number of rotatable bonds is 7. The minimum absolute atomic E-state index is 0.479. The summed E-state index contributed by atoms with van der Waals surface area (Å²) in [5.41, 5.74) is 6.68. The zero-order chi connectivity index (χ0) is 12.7. The Bertz CT molecular complexity index is 340. The van der Waals surface area contributed by atoms with Crippen molar-refractivity contribution < 1.29 is 9.47 Å². The van der Waals surface area contributed by atoms with Gasteiger partial charge in [0, 0.05) is 24.7 Å². The maximum absolute atomic E-state index is 5.73. The Morgan fingerprint density at radius 3 is 2.65 bits per heavy atom. The fraction of sp³-hybridized carbons (Fsp3) is 0.538. The summed E-state index contributed by atoms with van der Waals surface area (Å²) in [5.74, 6) is 1.62. The van der Waals surface area contributed by atoms with Crippen LogP contribution >= 0.6 is 0 Å². The molecule has 1 aromatic rings. The summed E-state index contributed by atoms with van der Waals surface area (Å²) in [4.78, 5) is 2.14. The van der Waals surface area contributed by atoms with Crippen LogP contribution in [0, 0.1) is 0 Å². The Hall–Kier alpha value is -1.26. The van der Waals surface area contributed by atoms with Crippen LogP contribution in [-0.4, -0.2) is 39.3 Å². The number of methoxy groups -OCH3 is 1. The summed E-state index contributed by atoms with van der Waals surface area (Å²) < 4.78 is 10.9. The average molecular weight is 238 g/mol. The van der Waals surface area contributed by atoms with Gasteiger partial charge in [0.2, 0.25) is 0 Å². The molecule has 1 rings (SSSR count). The van der Waals surface area contributed by atoms with Gasteiger partial charge in [0.15, 0.2) is 0 Å². The molecule has 96 valence electrons. The maximum Gasteiger partial charge on any atom is 0.127 e. The molecular formula is C13H22N2O2. The molecule has 0 bridgehead atoms.